The average molecular weight is 533 g/mol. The van der Waals surface area contributed by atoms with Gasteiger partial charge >= 0.3 is 18.2 Å². The summed E-state index contributed by atoms with van der Waals surface area (Å²) in [6, 6.07) is 20.9. The summed E-state index contributed by atoms with van der Waals surface area (Å²) in [7, 11) is 0. The number of hydrogen-bond acceptors (Lipinski definition) is 6. The predicted molar refractivity (Wildman–Crippen MR) is 145 cm³/mol. The first-order valence-corrected chi connectivity index (χ1v) is 12.7. The van der Waals surface area contributed by atoms with E-state index in [1.54, 1.807) is 45.0 Å². The van der Waals surface area contributed by atoms with Crippen molar-refractivity contribution in [2.45, 2.75) is 38.3 Å². The lowest BCUT2D eigenvalue weighted by molar-refractivity contribution is -0.139. The van der Waals surface area contributed by atoms with Crippen LogP contribution >= 0.6 is 0 Å². The first-order chi connectivity index (χ1) is 18.6. The van der Waals surface area contributed by atoms with E-state index in [1.165, 1.54) is 0 Å². The number of hydrogen-bond donors (Lipinski definition) is 3. The largest absolute Gasteiger partial charge is 0.492 e. The van der Waals surface area contributed by atoms with Gasteiger partial charge in [-0.05, 0) is 60.7 Å². The Balaban J connectivity index is 1.30. The number of carboxylic acids is 1. The fraction of sp³-hybridized carbons (Fsp3) is 0.300. The van der Waals surface area contributed by atoms with E-state index < -0.39 is 29.8 Å². The number of benzene rings is 3. The van der Waals surface area contributed by atoms with Crippen LogP contribution < -0.4 is 15.4 Å². The Labute approximate surface area is 227 Å². The van der Waals surface area contributed by atoms with Crippen LogP contribution in [0.2, 0.25) is 0 Å². The molecule has 2 amide bonds. The van der Waals surface area contributed by atoms with E-state index >= 15 is 0 Å². The summed E-state index contributed by atoms with van der Waals surface area (Å²) in [6.07, 6.45) is -1.36. The molecule has 0 saturated carbocycles. The fourth-order valence-corrected chi connectivity index (χ4v) is 4.44. The number of carbonyl (C=O) groups excluding carboxylic acids is 2. The Kier molecular flexibility index (Phi) is 8.39. The molecule has 9 heteroatoms. The third-order valence-corrected chi connectivity index (χ3v) is 6.11. The molecule has 39 heavy (non-hydrogen) atoms. The zero-order valence-corrected chi connectivity index (χ0v) is 22.1. The maximum Gasteiger partial charge on any atom is 0.408 e. The van der Waals surface area contributed by atoms with Crippen LogP contribution in [0.3, 0.4) is 0 Å². The van der Waals surface area contributed by atoms with Crippen LogP contribution in [0.1, 0.15) is 49.4 Å². The van der Waals surface area contributed by atoms with Gasteiger partial charge in [0.1, 0.15) is 24.6 Å². The molecular formula is C30H32N2O7. The van der Waals surface area contributed by atoms with Crippen LogP contribution in [0, 0.1) is 0 Å². The lowest BCUT2D eigenvalue weighted by Gasteiger charge is -2.19. The molecule has 0 saturated heterocycles. The average Bonchev–Trinajstić information content (AvgIpc) is 3.21. The molecule has 0 aromatic heterocycles. The molecular weight excluding hydrogens is 500 g/mol. The normalized spacial score (nSPS) is 13.0. The van der Waals surface area contributed by atoms with Crippen LogP contribution in [0.25, 0.3) is 11.1 Å². The van der Waals surface area contributed by atoms with Crippen LogP contribution in [0.4, 0.5) is 9.59 Å². The minimum atomic E-state index is -1.30. The van der Waals surface area contributed by atoms with Gasteiger partial charge in [-0.15, -0.1) is 0 Å². The van der Waals surface area contributed by atoms with E-state index in [0.29, 0.717) is 11.3 Å². The molecule has 1 aliphatic carbocycles. The van der Waals surface area contributed by atoms with Crippen molar-refractivity contribution in [3.8, 4) is 16.9 Å². The number of carbonyl (C=O) groups is 3. The molecule has 1 unspecified atom stereocenters. The maximum absolute atomic E-state index is 12.6. The molecule has 0 spiro atoms. The van der Waals surface area contributed by atoms with E-state index in [9.17, 15) is 19.5 Å². The van der Waals surface area contributed by atoms with Crippen LogP contribution in [0.15, 0.2) is 72.8 Å². The Morgan fingerprint density at radius 2 is 1.46 bits per heavy atom. The van der Waals surface area contributed by atoms with Crippen molar-refractivity contribution in [1.82, 2.24) is 10.6 Å². The summed E-state index contributed by atoms with van der Waals surface area (Å²) in [4.78, 5) is 36.2. The monoisotopic (exact) mass is 532 g/mol. The van der Waals surface area contributed by atoms with Crippen molar-refractivity contribution in [1.29, 1.82) is 0 Å². The Morgan fingerprint density at radius 3 is 2.03 bits per heavy atom. The number of rotatable bonds is 9. The van der Waals surface area contributed by atoms with Crippen LogP contribution in [-0.2, 0) is 14.3 Å². The summed E-state index contributed by atoms with van der Waals surface area (Å²) in [5.74, 6) is -0.874. The second kappa shape index (κ2) is 11.9. The highest BCUT2D eigenvalue weighted by Crippen LogP contribution is 2.44. The van der Waals surface area contributed by atoms with Crippen molar-refractivity contribution in [2.75, 3.05) is 19.8 Å². The van der Waals surface area contributed by atoms with Gasteiger partial charge in [0.2, 0.25) is 0 Å². The molecule has 9 nitrogen and oxygen atoms in total. The third kappa shape index (κ3) is 7.07. The van der Waals surface area contributed by atoms with Gasteiger partial charge in [0, 0.05) is 5.92 Å². The molecule has 1 aliphatic rings. The molecule has 204 valence electrons. The number of nitrogens with one attached hydrogen (secondary N) is 2. The Morgan fingerprint density at radius 1 is 0.872 bits per heavy atom. The zero-order chi connectivity index (χ0) is 28.0. The summed E-state index contributed by atoms with van der Waals surface area (Å²) >= 11 is 0. The summed E-state index contributed by atoms with van der Waals surface area (Å²) in [5, 5.41) is 14.8. The van der Waals surface area contributed by atoms with Crippen molar-refractivity contribution < 1.29 is 33.7 Å². The SMILES string of the molecule is CC(C)(C)OC(=O)NCCOc1ccc(C(NC(=O)OCC2c3ccccc3-c3ccccc32)C(=O)O)cc1. The van der Waals surface area contributed by atoms with Crippen LogP contribution in [0.5, 0.6) is 5.75 Å². The van der Waals surface area contributed by atoms with Crippen molar-refractivity contribution in [3.05, 3.63) is 89.5 Å². The summed E-state index contributed by atoms with van der Waals surface area (Å²) in [5.41, 5.74) is 4.11. The molecule has 0 fully saturated rings. The topological polar surface area (TPSA) is 123 Å². The number of fused-ring (bicyclic) bond motifs is 3. The number of alkyl carbamates (subject to hydrolysis) is 2. The van der Waals surface area contributed by atoms with Crippen molar-refractivity contribution in [2.24, 2.45) is 0 Å². The second-order valence-corrected chi connectivity index (χ2v) is 10.1. The third-order valence-electron chi connectivity index (χ3n) is 6.11. The zero-order valence-electron chi connectivity index (χ0n) is 22.1. The maximum atomic E-state index is 12.6. The summed E-state index contributed by atoms with van der Waals surface area (Å²) in [6.45, 7) is 5.83. The lowest BCUT2D eigenvalue weighted by Crippen LogP contribution is -2.35. The number of carboxylic acid groups (broad SMARTS) is 1. The van der Waals surface area contributed by atoms with Crippen molar-refractivity contribution in [3.63, 3.8) is 0 Å². The molecule has 3 aromatic rings. The second-order valence-electron chi connectivity index (χ2n) is 10.1. The van der Waals surface area contributed by atoms with Gasteiger partial charge < -0.3 is 30.0 Å². The van der Waals surface area contributed by atoms with Gasteiger partial charge in [-0.2, -0.15) is 0 Å². The predicted octanol–water partition coefficient (Wildman–Crippen LogP) is 5.25. The first-order valence-electron chi connectivity index (χ1n) is 12.7. The highest BCUT2D eigenvalue weighted by molar-refractivity contribution is 5.82. The van der Waals surface area contributed by atoms with Gasteiger partial charge in [-0.1, -0.05) is 60.7 Å². The van der Waals surface area contributed by atoms with E-state index in [1.807, 2.05) is 48.5 Å². The van der Waals surface area contributed by atoms with E-state index in [-0.39, 0.29) is 25.7 Å². The minimum absolute atomic E-state index is 0.0797. The van der Waals surface area contributed by atoms with Gasteiger partial charge in [0.25, 0.3) is 0 Å². The standard InChI is InChI=1S/C30H32N2O7/c1-30(2,3)39-28(35)31-16-17-37-20-14-12-19(13-15-20)26(27(33)34)32-29(36)38-18-25-23-10-6-4-8-21(23)22-9-5-7-11-24(22)25/h4-15,25-26H,16-18H2,1-3H3,(H,31,35)(H,32,36)(H,33,34). The minimum Gasteiger partial charge on any atom is -0.492 e. The quantitative estimate of drug-likeness (QED) is 0.322. The lowest BCUT2D eigenvalue weighted by atomic mass is 9.98. The molecule has 1 atom stereocenters. The molecule has 0 radical (unpaired) electrons. The van der Waals surface area contributed by atoms with E-state index in [0.717, 1.165) is 22.3 Å². The van der Waals surface area contributed by atoms with Gasteiger partial charge in [-0.25, -0.2) is 14.4 Å². The van der Waals surface area contributed by atoms with Gasteiger partial charge in [0.15, 0.2) is 6.04 Å². The van der Waals surface area contributed by atoms with E-state index in [2.05, 4.69) is 10.6 Å². The highest BCUT2D eigenvalue weighted by Gasteiger charge is 2.30. The Bertz CT molecular complexity index is 1290. The molecule has 4 rings (SSSR count). The highest BCUT2D eigenvalue weighted by atomic mass is 16.6. The molecule has 3 N–H and O–H groups in total. The number of aliphatic carboxylic acids is 1. The van der Waals surface area contributed by atoms with Gasteiger partial charge in [-0.3, -0.25) is 0 Å². The first kappa shape index (κ1) is 27.5. The Hall–Kier alpha value is -4.53. The van der Waals surface area contributed by atoms with Crippen LogP contribution in [-0.4, -0.2) is 48.6 Å². The van der Waals surface area contributed by atoms with Gasteiger partial charge in [0.05, 0.1) is 6.54 Å². The van der Waals surface area contributed by atoms with E-state index in [4.69, 9.17) is 14.2 Å². The number of ether oxygens (including phenoxy) is 3. The molecule has 0 aliphatic heterocycles. The fourth-order valence-electron chi connectivity index (χ4n) is 4.44. The summed E-state index contributed by atoms with van der Waals surface area (Å²) < 4.78 is 16.2. The van der Waals surface area contributed by atoms with Crippen molar-refractivity contribution >= 4 is 18.2 Å². The number of amides is 2. The molecule has 0 heterocycles. The smallest absolute Gasteiger partial charge is 0.408 e. The molecule has 0 bridgehead atoms. The molecule has 3 aromatic carbocycles.